The molecule has 0 saturated heterocycles. The van der Waals surface area contributed by atoms with Gasteiger partial charge in [0.2, 0.25) is 0 Å². The molecule has 16 heavy (non-hydrogen) atoms. The Morgan fingerprint density at radius 2 is 2.44 bits per heavy atom. The minimum atomic E-state index is 0.000477. The van der Waals surface area contributed by atoms with Crippen LogP contribution in [0.5, 0.6) is 0 Å². The zero-order valence-corrected chi connectivity index (χ0v) is 11.3. The molecule has 1 aliphatic heterocycles. The topological polar surface area (TPSA) is 42.7 Å². The Balaban J connectivity index is 1.71. The van der Waals surface area contributed by atoms with Crippen LogP contribution in [-0.2, 0) is 6.54 Å². The van der Waals surface area contributed by atoms with E-state index in [1.165, 1.54) is 29.8 Å². The molecule has 1 fully saturated rings. The predicted octanol–water partition coefficient (Wildman–Crippen LogP) is -1.45. The standard InChI is InChI=1S/C11H14IN4/c1-8-4-10(13-12-5-8)6-16-7-11(14-15-16)9-2-3-9/h4-5,7,9,13H,2-3,6H2,1H3/q-1. The van der Waals surface area contributed by atoms with Crippen molar-refractivity contribution in [2.24, 2.45) is 0 Å². The molecule has 1 aromatic heterocycles. The van der Waals surface area contributed by atoms with E-state index in [1.54, 1.807) is 0 Å². The van der Waals surface area contributed by atoms with E-state index in [2.05, 4.69) is 37.1 Å². The van der Waals surface area contributed by atoms with Crippen LogP contribution in [0.4, 0.5) is 0 Å². The van der Waals surface area contributed by atoms with Crippen molar-refractivity contribution in [2.45, 2.75) is 32.2 Å². The van der Waals surface area contributed by atoms with Crippen molar-refractivity contribution in [3.05, 3.63) is 33.3 Å². The normalized spacial score (nSPS) is 20.6. The number of halogens is 1. The molecule has 1 aromatic rings. The molecule has 0 aromatic carbocycles. The maximum absolute atomic E-state index is 4.22. The van der Waals surface area contributed by atoms with Crippen LogP contribution in [0.3, 0.4) is 0 Å². The Hall–Kier alpha value is -0.850. The molecule has 4 nitrogen and oxygen atoms in total. The van der Waals surface area contributed by atoms with Crippen LogP contribution in [-0.4, -0.2) is 15.0 Å². The maximum atomic E-state index is 4.22. The van der Waals surface area contributed by atoms with Crippen LogP contribution >= 0.6 is 0 Å². The second-order valence-corrected chi connectivity index (χ2v) is 6.13. The van der Waals surface area contributed by atoms with Gasteiger partial charge >= 0.3 is 106 Å². The van der Waals surface area contributed by atoms with Gasteiger partial charge in [-0.2, -0.15) is 0 Å². The average Bonchev–Trinajstić information content (AvgIpc) is 3.01. The molecule has 0 radical (unpaired) electrons. The molecular formula is C11H14IN4-. The van der Waals surface area contributed by atoms with Crippen LogP contribution < -0.4 is 25.0 Å². The zero-order valence-electron chi connectivity index (χ0n) is 9.15. The van der Waals surface area contributed by atoms with Crippen molar-refractivity contribution in [1.82, 2.24) is 18.5 Å². The van der Waals surface area contributed by atoms with Crippen LogP contribution in [0.2, 0.25) is 0 Å². The van der Waals surface area contributed by atoms with Crippen molar-refractivity contribution >= 4 is 0 Å². The van der Waals surface area contributed by atoms with Crippen molar-refractivity contribution in [2.75, 3.05) is 0 Å². The summed E-state index contributed by atoms with van der Waals surface area (Å²) >= 11 is 0.000477. The van der Waals surface area contributed by atoms with Gasteiger partial charge in [-0.05, 0) is 0 Å². The molecule has 86 valence electrons. The van der Waals surface area contributed by atoms with Crippen LogP contribution in [0, 0.1) is 0 Å². The van der Waals surface area contributed by atoms with Crippen molar-refractivity contribution < 1.29 is 21.5 Å². The zero-order chi connectivity index (χ0) is 11.0. The quantitative estimate of drug-likeness (QED) is 0.545. The fourth-order valence-corrected chi connectivity index (χ4v) is 3.28. The average molecular weight is 329 g/mol. The number of nitrogens with zero attached hydrogens (tertiary/aromatic N) is 3. The summed E-state index contributed by atoms with van der Waals surface area (Å²) in [4.78, 5) is 0. The van der Waals surface area contributed by atoms with E-state index in [9.17, 15) is 0 Å². The number of allylic oxidation sites excluding steroid dienone is 3. The fraction of sp³-hybridized carbons (Fsp3) is 0.455. The molecular weight excluding hydrogens is 315 g/mol. The van der Waals surface area contributed by atoms with Crippen molar-refractivity contribution in [3.63, 3.8) is 0 Å². The molecule has 0 spiro atoms. The van der Waals surface area contributed by atoms with Crippen LogP contribution in [0.25, 0.3) is 0 Å². The van der Waals surface area contributed by atoms with Crippen molar-refractivity contribution in [3.8, 4) is 0 Å². The third kappa shape index (κ3) is 2.28. The van der Waals surface area contributed by atoms with Gasteiger partial charge in [0.1, 0.15) is 0 Å². The molecule has 5 heteroatoms. The molecule has 1 saturated carbocycles. The Bertz CT molecular complexity index is 456. The van der Waals surface area contributed by atoms with E-state index < -0.39 is 0 Å². The number of hydrogen-bond donors (Lipinski definition) is 1. The second kappa shape index (κ2) is 4.20. The Morgan fingerprint density at radius 1 is 1.56 bits per heavy atom. The van der Waals surface area contributed by atoms with Gasteiger partial charge in [-0.15, -0.1) is 0 Å². The summed E-state index contributed by atoms with van der Waals surface area (Å²) in [5.41, 5.74) is 3.79. The second-order valence-electron chi connectivity index (χ2n) is 4.34. The molecule has 2 aliphatic rings. The van der Waals surface area contributed by atoms with Gasteiger partial charge in [0.15, 0.2) is 0 Å². The van der Waals surface area contributed by atoms with Gasteiger partial charge in [0, 0.05) is 0 Å². The monoisotopic (exact) mass is 329 g/mol. The molecule has 2 heterocycles. The van der Waals surface area contributed by atoms with Gasteiger partial charge in [-0.1, -0.05) is 0 Å². The molecule has 0 bridgehead atoms. The summed E-state index contributed by atoms with van der Waals surface area (Å²) < 4.78 is 7.69. The third-order valence-corrected chi connectivity index (χ3v) is 4.99. The SMILES string of the molecule is CC1=C[I-]NC(Cn2cc(C3CC3)nn2)=C1. The van der Waals surface area contributed by atoms with Gasteiger partial charge < -0.3 is 0 Å². The van der Waals surface area contributed by atoms with Crippen molar-refractivity contribution in [1.29, 1.82) is 0 Å². The van der Waals surface area contributed by atoms with E-state index in [4.69, 9.17) is 0 Å². The van der Waals surface area contributed by atoms with Gasteiger partial charge in [-0.25, -0.2) is 0 Å². The van der Waals surface area contributed by atoms with E-state index in [-0.39, 0.29) is 21.5 Å². The van der Waals surface area contributed by atoms with E-state index in [1.807, 2.05) is 4.68 Å². The summed E-state index contributed by atoms with van der Waals surface area (Å²) in [6, 6.07) is 0. The molecule has 0 amide bonds. The van der Waals surface area contributed by atoms with E-state index in [0.717, 1.165) is 6.54 Å². The number of hydrogen-bond acceptors (Lipinski definition) is 3. The van der Waals surface area contributed by atoms with E-state index in [0.29, 0.717) is 5.92 Å². The third-order valence-electron chi connectivity index (χ3n) is 2.69. The summed E-state index contributed by atoms with van der Waals surface area (Å²) in [6.45, 7) is 2.97. The number of nitrogens with one attached hydrogen (secondary N) is 1. The first kappa shape index (κ1) is 10.3. The van der Waals surface area contributed by atoms with Crippen LogP contribution in [0.1, 0.15) is 31.4 Å². The van der Waals surface area contributed by atoms with Gasteiger partial charge in [-0.3, -0.25) is 0 Å². The number of aromatic nitrogens is 3. The number of rotatable bonds is 3. The first-order chi connectivity index (χ1) is 7.81. The molecule has 1 N–H and O–H groups in total. The van der Waals surface area contributed by atoms with Crippen LogP contribution in [0.15, 0.2) is 27.6 Å². The Kier molecular flexibility index (Phi) is 2.70. The van der Waals surface area contributed by atoms with E-state index >= 15 is 0 Å². The Labute approximate surface area is 105 Å². The summed E-state index contributed by atoms with van der Waals surface area (Å²) in [7, 11) is 0. The summed E-state index contributed by atoms with van der Waals surface area (Å²) in [5.74, 6) is 0.691. The summed E-state index contributed by atoms with van der Waals surface area (Å²) in [6.07, 6.45) is 6.85. The molecule has 0 atom stereocenters. The predicted molar refractivity (Wildman–Crippen MR) is 57.0 cm³/mol. The molecule has 0 unspecified atom stereocenters. The first-order valence-electron chi connectivity index (χ1n) is 5.47. The molecule has 3 rings (SSSR count). The molecule has 1 aliphatic carbocycles. The van der Waals surface area contributed by atoms with Gasteiger partial charge in [0.25, 0.3) is 0 Å². The van der Waals surface area contributed by atoms with Gasteiger partial charge in [0.05, 0.1) is 0 Å². The fourth-order valence-electron chi connectivity index (χ4n) is 1.72. The first-order valence-corrected chi connectivity index (χ1v) is 7.79. The summed E-state index contributed by atoms with van der Waals surface area (Å²) in [5, 5.41) is 8.39. The minimum absolute atomic E-state index is 0.000477. The Morgan fingerprint density at radius 3 is 3.19 bits per heavy atom.